The number of carbonyl (C=O) groups is 2. The molecule has 1 unspecified atom stereocenters. The van der Waals surface area contributed by atoms with Crippen LogP contribution in [0.5, 0.6) is 0 Å². The average Bonchev–Trinajstić information content (AvgIpc) is 2.32. The molecule has 1 heterocycles. The third-order valence-corrected chi connectivity index (χ3v) is 2.81. The van der Waals surface area contributed by atoms with Gasteiger partial charge < -0.3 is 20.3 Å². The van der Waals surface area contributed by atoms with Crippen LogP contribution in [0.1, 0.15) is 20.8 Å². The summed E-state index contributed by atoms with van der Waals surface area (Å²) in [6, 6.07) is -0.0736. The van der Waals surface area contributed by atoms with Crippen LogP contribution in [-0.2, 0) is 4.79 Å². The van der Waals surface area contributed by atoms with Crippen molar-refractivity contribution in [2.24, 2.45) is 11.3 Å². The summed E-state index contributed by atoms with van der Waals surface area (Å²) < 4.78 is 0. The van der Waals surface area contributed by atoms with Crippen molar-refractivity contribution in [2.45, 2.75) is 20.8 Å². The molecule has 2 amide bonds. The Kier molecular flexibility index (Phi) is 4.93. The number of carbonyl (C=O) groups excluding carboxylic acids is 2. The van der Waals surface area contributed by atoms with Crippen LogP contribution < -0.4 is 10.6 Å². The van der Waals surface area contributed by atoms with Crippen molar-refractivity contribution < 1.29 is 9.59 Å². The molecule has 0 bridgehead atoms. The maximum Gasteiger partial charge on any atom is 0.317 e. The summed E-state index contributed by atoms with van der Waals surface area (Å²) in [6.07, 6.45) is 0.913. The molecule has 98 valence electrons. The van der Waals surface area contributed by atoms with E-state index in [4.69, 9.17) is 0 Å². The lowest BCUT2D eigenvalue weighted by Crippen LogP contribution is -2.46. The Morgan fingerprint density at radius 3 is 2.82 bits per heavy atom. The smallest absolute Gasteiger partial charge is 0.317 e. The standard InChI is InChI=1S/C12H23N3O2/c1-10-6-13-4-5-14-11(17)15(7-10)8-12(2,3)9-16/h9-10,13H,4-8H2,1-3H3,(H,14,17). The Hall–Kier alpha value is -1.10. The van der Waals surface area contributed by atoms with Gasteiger partial charge in [-0.2, -0.15) is 0 Å². The Morgan fingerprint density at radius 1 is 1.47 bits per heavy atom. The molecule has 0 aromatic carbocycles. The topological polar surface area (TPSA) is 61.4 Å². The van der Waals surface area contributed by atoms with Gasteiger partial charge in [-0.05, 0) is 12.5 Å². The van der Waals surface area contributed by atoms with Crippen molar-refractivity contribution in [3.8, 4) is 0 Å². The first-order valence-corrected chi connectivity index (χ1v) is 6.14. The van der Waals surface area contributed by atoms with Crippen molar-refractivity contribution in [1.29, 1.82) is 0 Å². The molecular weight excluding hydrogens is 218 g/mol. The molecule has 1 saturated heterocycles. The van der Waals surface area contributed by atoms with E-state index in [1.807, 2.05) is 13.8 Å². The number of nitrogens with zero attached hydrogens (tertiary/aromatic N) is 1. The van der Waals surface area contributed by atoms with E-state index >= 15 is 0 Å². The van der Waals surface area contributed by atoms with Gasteiger partial charge in [0.05, 0.1) is 0 Å². The number of nitrogens with one attached hydrogen (secondary N) is 2. The molecule has 17 heavy (non-hydrogen) atoms. The van der Waals surface area contributed by atoms with Gasteiger partial charge in [-0.3, -0.25) is 0 Å². The lowest BCUT2D eigenvalue weighted by Gasteiger charge is -2.30. The van der Waals surface area contributed by atoms with E-state index in [1.54, 1.807) is 4.90 Å². The molecule has 0 aromatic heterocycles. The number of aldehydes is 1. The molecule has 1 aliphatic rings. The van der Waals surface area contributed by atoms with Crippen LogP contribution in [0.3, 0.4) is 0 Å². The van der Waals surface area contributed by atoms with Crippen molar-refractivity contribution in [3.63, 3.8) is 0 Å². The predicted octanol–water partition coefficient (Wildman–Crippen LogP) is 0.462. The van der Waals surface area contributed by atoms with Gasteiger partial charge in [-0.1, -0.05) is 20.8 Å². The second-order valence-electron chi connectivity index (χ2n) is 5.53. The molecule has 0 spiro atoms. The van der Waals surface area contributed by atoms with E-state index in [0.29, 0.717) is 25.6 Å². The Morgan fingerprint density at radius 2 is 2.18 bits per heavy atom. The van der Waals surface area contributed by atoms with Gasteiger partial charge in [0.1, 0.15) is 6.29 Å². The number of hydrogen-bond donors (Lipinski definition) is 2. The van der Waals surface area contributed by atoms with E-state index in [0.717, 1.165) is 19.4 Å². The second-order valence-corrected chi connectivity index (χ2v) is 5.53. The van der Waals surface area contributed by atoms with Crippen molar-refractivity contribution in [1.82, 2.24) is 15.5 Å². The third-order valence-electron chi connectivity index (χ3n) is 2.81. The zero-order valence-electron chi connectivity index (χ0n) is 11.0. The fourth-order valence-corrected chi connectivity index (χ4v) is 1.91. The quantitative estimate of drug-likeness (QED) is 0.706. The molecule has 0 aliphatic carbocycles. The van der Waals surface area contributed by atoms with Gasteiger partial charge >= 0.3 is 6.03 Å². The normalized spacial score (nSPS) is 23.4. The lowest BCUT2D eigenvalue weighted by atomic mass is 9.95. The maximum absolute atomic E-state index is 11.9. The number of urea groups is 1. The minimum Gasteiger partial charge on any atom is -0.337 e. The first-order valence-electron chi connectivity index (χ1n) is 6.14. The highest BCUT2D eigenvalue weighted by Crippen LogP contribution is 2.15. The van der Waals surface area contributed by atoms with Crippen LogP contribution in [0, 0.1) is 11.3 Å². The Bertz CT molecular complexity index is 279. The highest BCUT2D eigenvalue weighted by molar-refractivity contribution is 5.75. The monoisotopic (exact) mass is 241 g/mol. The van der Waals surface area contributed by atoms with Gasteiger partial charge in [0.25, 0.3) is 0 Å². The Labute approximate surface area is 103 Å². The zero-order chi connectivity index (χ0) is 12.9. The minimum atomic E-state index is -0.488. The fourth-order valence-electron chi connectivity index (χ4n) is 1.91. The van der Waals surface area contributed by atoms with Crippen molar-refractivity contribution >= 4 is 12.3 Å². The summed E-state index contributed by atoms with van der Waals surface area (Å²) in [5.41, 5.74) is -0.488. The predicted molar refractivity (Wildman–Crippen MR) is 66.9 cm³/mol. The minimum absolute atomic E-state index is 0.0736. The molecule has 5 heteroatoms. The first kappa shape index (κ1) is 14.0. The molecule has 0 aromatic rings. The number of hydrogen-bond acceptors (Lipinski definition) is 3. The van der Waals surface area contributed by atoms with E-state index < -0.39 is 5.41 Å². The first-order chi connectivity index (χ1) is 7.94. The van der Waals surface area contributed by atoms with Gasteiger partial charge in [0, 0.05) is 31.6 Å². The second kappa shape index (κ2) is 6.00. The van der Waals surface area contributed by atoms with Gasteiger partial charge in [0.15, 0.2) is 0 Å². The highest BCUT2D eigenvalue weighted by atomic mass is 16.2. The molecule has 1 rings (SSSR count). The summed E-state index contributed by atoms with van der Waals surface area (Å²) >= 11 is 0. The third kappa shape index (κ3) is 4.73. The largest absolute Gasteiger partial charge is 0.337 e. The van der Waals surface area contributed by atoms with Crippen LogP contribution in [0.2, 0.25) is 0 Å². The summed E-state index contributed by atoms with van der Waals surface area (Å²) in [5, 5.41) is 6.13. The van der Waals surface area contributed by atoms with E-state index in [1.165, 1.54) is 0 Å². The lowest BCUT2D eigenvalue weighted by molar-refractivity contribution is -0.115. The average molecular weight is 241 g/mol. The molecule has 1 aliphatic heterocycles. The van der Waals surface area contributed by atoms with Crippen LogP contribution in [0.25, 0.3) is 0 Å². The summed E-state index contributed by atoms with van der Waals surface area (Å²) in [4.78, 5) is 24.6. The van der Waals surface area contributed by atoms with Gasteiger partial charge in [0.2, 0.25) is 0 Å². The fraction of sp³-hybridized carbons (Fsp3) is 0.833. The zero-order valence-corrected chi connectivity index (χ0v) is 11.0. The van der Waals surface area contributed by atoms with Crippen LogP contribution in [0.15, 0.2) is 0 Å². The molecule has 0 radical (unpaired) electrons. The number of rotatable bonds is 3. The molecule has 1 fully saturated rings. The van der Waals surface area contributed by atoms with Gasteiger partial charge in [-0.25, -0.2) is 4.79 Å². The van der Waals surface area contributed by atoms with Gasteiger partial charge in [-0.15, -0.1) is 0 Å². The summed E-state index contributed by atoms with van der Waals surface area (Å²) in [6.45, 7) is 9.26. The van der Waals surface area contributed by atoms with Crippen LogP contribution >= 0.6 is 0 Å². The number of amides is 2. The highest BCUT2D eigenvalue weighted by Gasteiger charge is 2.26. The molecule has 1 atom stereocenters. The van der Waals surface area contributed by atoms with E-state index in [-0.39, 0.29) is 6.03 Å². The van der Waals surface area contributed by atoms with Crippen molar-refractivity contribution in [2.75, 3.05) is 32.7 Å². The maximum atomic E-state index is 11.9. The van der Waals surface area contributed by atoms with E-state index in [9.17, 15) is 9.59 Å². The molecule has 5 nitrogen and oxygen atoms in total. The van der Waals surface area contributed by atoms with E-state index in [2.05, 4.69) is 17.6 Å². The molecule has 0 saturated carbocycles. The Balaban J connectivity index is 2.68. The SMILES string of the molecule is CC1CNCCNC(=O)N(CC(C)(C)C=O)C1. The molecular formula is C12H23N3O2. The van der Waals surface area contributed by atoms with Crippen molar-refractivity contribution in [3.05, 3.63) is 0 Å². The molecule has 2 N–H and O–H groups in total. The van der Waals surface area contributed by atoms with Crippen LogP contribution in [0.4, 0.5) is 4.79 Å². The summed E-state index contributed by atoms with van der Waals surface area (Å²) in [7, 11) is 0. The van der Waals surface area contributed by atoms with Crippen LogP contribution in [-0.4, -0.2) is 49.9 Å². The summed E-state index contributed by atoms with van der Waals surface area (Å²) in [5.74, 6) is 0.390.